The van der Waals surface area contributed by atoms with Gasteiger partial charge in [-0.15, -0.1) is 0 Å². The lowest BCUT2D eigenvalue weighted by Gasteiger charge is -2.25. The van der Waals surface area contributed by atoms with Crippen LogP contribution in [0.25, 0.3) is 11.0 Å². The van der Waals surface area contributed by atoms with Crippen molar-refractivity contribution >= 4 is 16.7 Å². The summed E-state index contributed by atoms with van der Waals surface area (Å²) in [5.74, 6) is 1.18. The van der Waals surface area contributed by atoms with E-state index < -0.39 is 0 Å². The Kier molecular flexibility index (Phi) is 5.23. The van der Waals surface area contributed by atoms with Crippen LogP contribution in [-0.4, -0.2) is 34.1 Å². The van der Waals surface area contributed by atoms with Crippen LogP contribution >= 0.6 is 0 Å². The molecule has 0 radical (unpaired) electrons. The van der Waals surface area contributed by atoms with Crippen LogP contribution in [0.15, 0.2) is 18.2 Å². The Morgan fingerprint density at radius 3 is 2.57 bits per heavy atom. The van der Waals surface area contributed by atoms with Crippen LogP contribution in [0.1, 0.15) is 46.0 Å². The molecule has 1 atom stereocenters. The summed E-state index contributed by atoms with van der Waals surface area (Å²) in [5, 5.41) is 0. The van der Waals surface area contributed by atoms with Gasteiger partial charge in [-0.25, -0.2) is 4.98 Å². The number of hydrogen-bond acceptors (Lipinski definition) is 3. The van der Waals surface area contributed by atoms with Crippen molar-refractivity contribution in [3.05, 3.63) is 24.0 Å². The van der Waals surface area contributed by atoms with Gasteiger partial charge in [0.15, 0.2) is 0 Å². The van der Waals surface area contributed by atoms with Gasteiger partial charge >= 0.3 is 0 Å². The minimum absolute atomic E-state index is 0.417. The predicted molar refractivity (Wildman–Crippen MR) is 90.6 cm³/mol. The Bertz CT molecular complexity index is 584. The van der Waals surface area contributed by atoms with Gasteiger partial charge < -0.3 is 15.2 Å². The fourth-order valence-corrected chi connectivity index (χ4v) is 2.99. The van der Waals surface area contributed by atoms with Crippen molar-refractivity contribution in [1.82, 2.24) is 14.5 Å². The smallest absolute Gasteiger partial charge is 0.110 e. The van der Waals surface area contributed by atoms with Gasteiger partial charge in [-0.05, 0) is 44.6 Å². The summed E-state index contributed by atoms with van der Waals surface area (Å²) in [5.41, 5.74) is 8.90. The molecule has 0 aliphatic heterocycles. The molecule has 1 unspecified atom stereocenters. The highest BCUT2D eigenvalue weighted by Crippen LogP contribution is 2.24. The lowest BCUT2D eigenvalue weighted by Crippen LogP contribution is -2.30. The summed E-state index contributed by atoms with van der Waals surface area (Å²) in [4.78, 5) is 7.27. The third-order valence-electron chi connectivity index (χ3n) is 4.12. The summed E-state index contributed by atoms with van der Waals surface area (Å²) >= 11 is 0. The highest BCUT2D eigenvalue weighted by molar-refractivity contribution is 5.79. The molecule has 2 N–H and O–H groups in total. The summed E-state index contributed by atoms with van der Waals surface area (Å²) in [6.45, 7) is 12.2. The maximum atomic E-state index is 5.90. The number of likely N-dealkylation sites (N-methyl/N-ethyl adjacent to an activating group) is 1. The third-order valence-corrected chi connectivity index (χ3v) is 4.12. The monoisotopic (exact) mass is 288 g/mol. The molecule has 0 fully saturated rings. The third kappa shape index (κ3) is 3.38. The Morgan fingerprint density at radius 1 is 1.24 bits per heavy atom. The van der Waals surface area contributed by atoms with Gasteiger partial charge in [0, 0.05) is 24.7 Å². The van der Waals surface area contributed by atoms with E-state index in [0.717, 1.165) is 43.7 Å². The van der Waals surface area contributed by atoms with Gasteiger partial charge in [-0.3, -0.25) is 0 Å². The molecule has 1 aromatic carbocycles. The first-order valence-corrected chi connectivity index (χ1v) is 8.09. The first-order chi connectivity index (χ1) is 10.1. The number of aryl methyl sites for hydroxylation is 1. The van der Waals surface area contributed by atoms with Crippen LogP contribution in [0.3, 0.4) is 0 Å². The lowest BCUT2D eigenvalue weighted by atomic mass is 10.2. The van der Waals surface area contributed by atoms with E-state index in [-0.39, 0.29) is 0 Å². The standard InChI is InChI=1S/C17H28N4/c1-5-8-17-19-15-11-14(18)9-10-16(15)21(17)13(4)12-20(6-2)7-3/h9-11,13H,5-8,12,18H2,1-4H3. The average Bonchev–Trinajstić information content (AvgIpc) is 2.82. The molecule has 0 amide bonds. The molecular formula is C17H28N4. The number of benzene rings is 1. The molecule has 1 aromatic heterocycles. The Hall–Kier alpha value is -1.55. The molecule has 0 spiro atoms. The van der Waals surface area contributed by atoms with E-state index in [1.165, 1.54) is 11.3 Å². The highest BCUT2D eigenvalue weighted by atomic mass is 15.2. The van der Waals surface area contributed by atoms with E-state index in [0.29, 0.717) is 6.04 Å². The maximum absolute atomic E-state index is 5.90. The number of anilines is 1. The van der Waals surface area contributed by atoms with Crippen LogP contribution in [0.2, 0.25) is 0 Å². The number of hydrogen-bond donors (Lipinski definition) is 1. The van der Waals surface area contributed by atoms with Crippen LogP contribution in [0, 0.1) is 0 Å². The van der Waals surface area contributed by atoms with E-state index in [1.807, 2.05) is 12.1 Å². The zero-order valence-electron chi connectivity index (χ0n) is 13.8. The minimum atomic E-state index is 0.417. The Labute approximate surface area is 128 Å². The summed E-state index contributed by atoms with van der Waals surface area (Å²) < 4.78 is 2.40. The van der Waals surface area contributed by atoms with Gasteiger partial charge in [0.05, 0.1) is 11.0 Å². The second-order valence-electron chi connectivity index (χ2n) is 5.73. The summed E-state index contributed by atoms with van der Waals surface area (Å²) in [7, 11) is 0. The van der Waals surface area contributed by atoms with Crippen LogP contribution in [0.4, 0.5) is 5.69 Å². The van der Waals surface area contributed by atoms with Crippen molar-refractivity contribution < 1.29 is 0 Å². The van der Waals surface area contributed by atoms with E-state index in [4.69, 9.17) is 10.7 Å². The molecule has 0 saturated carbocycles. The average molecular weight is 288 g/mol. The molecule has 0 aliphatic rings. The van der Waals surface area contributed by atoms with E-state index in [1.54, 1.807) is 0 Å². The topological polar surface area (TPSA) is 47.1 Å². The minimum Gasteiger partial charge on any atom is -0.399 e. The van der Waals surface area contributed by atoms with Gasteiger partial charge in [0.25, 0.3) is 0 Å². The molecule has 2 rings (SSSR count). The Morgan fingerprint density at radius 2 is 1.95 bits per heavy atom. The number of rotatable bonds is 7. The number of fused-ring (bicyclic) bond motifs is 1. The molecule has 116 valence electrons. The van der Waals surface area contributed by atoms with Crippen molar-refractivity contribution in [2.24, 2.45) is 0 Å². The zero-order valence-corrected chi connectivity index (χ0v) is 13.8. The second kappa shape index (κ2) is 6.94. The van der Waals surface area contributed by atoms with Crippen molar-refractivity contribution in [3.63, 3.8) is 0 Å². The van der Waals surface area contributed by atoms with Crippen molar-refractivity contribution in [1.29, 1.82) is 0 Å². The first kappa shape index (κ1) is 15.8. The SMILES string of the molecule is CCCc1nc2cc(N)ccc2n1C(C)CN(CC)CC. The van der Waals surface area contributed by atoms with Crippen molar-refractivity contribution in [3.8, 4) is 0 Å². The number of aromatic nitrogens is 2. The summed E-state index contributed by atoms with van der Waals surface area (Å²) in [6.07, 6.45) is 2.12. The number of nitrogen functional groups attached to an aromatic ring is 1. The highest BCUT2D eigenvalue weighted by Gasteiger charge is 2.17. The maximum Gasteiger partial charge on any atom is 0.110 e. The molecule has 0 bridgehead atoms. The molecule has 21 heavy (non-hydrogen) atoms. The van der Waals surface area contributed by atoms with Crippen molar-refractivity contribution in [2.75, 3.05) is 25.4 Å². The molecule has 4 nitrogen and oxygen atoms in total. The normalized spacial score (nSPS) is 13.2. The predicted octanol–water partition coefficient (Wildman–Crippen LogP) is 3.47. The van der Waals surface area contributed by atoms with Crippen molar-refractivity contribution in [2.45, 2.75) is 46.6 Å². The van der Waals surface area contributed by atoms with Gasteiger partial charge in [-0.1, -0.05) is 20.8 Å². The van der Waals surface area contributed by atoms with E-state index in [2.05, 4.69) is 43.2 Å². The first-order valence-electron chi connectivity index (χ1n) is 8.09. The van der Waals surface area contributed by atoms with Crippen LogP contribution in [0.5, 0.6) is 0 Å². The fraction of sp³-hybridized carbons (Fsp3) is 0.588. The van der Waals surface area contributed by atoms with Gasteiger partial charge in [-0.2, -0.15) is 0 Å². The number of nitrogens with two attached hydrogens (primary N) is 1. The molecule has 4 heteroatoms. The van der Waals surface area contributed by atoms with Gasteiger partial charge in [0.1, 0.15) is 5.82 Å². The lowest BCUT2D eigenvalue weighted by molar-refractivity contribution is 0.261. The number of nitrogens with zero attached hydrogens (tertiary/aromatic N) is 3. The Balaban J connectivity index is 2.41. The number of imidazole rings is 1. The fourth-order valence-electron chi connectivity index (χ4n) is 2.99. The quantitative estimate of drug-likeness (QED) is 0.794. The second-order valence-corrected chi connectivity index (χ2v) is 5.73. The molecule has 1 heterocycles. The molecular weight excluding hydrogens is 260 g/mol. The molecule has 0 aliphatic carbocycles. The van der Waals surface area contributed by atoms with E-state index >= 15 is 0 Å². The molecule has 2 aromatic rings. The van der Waals surface area contributed by atoms with Gasteiger partial charge in [0.2, 0.25) is 0 Å². The van der Waals surface area contributed by atoms with Crippen LogP contribution < -0.4 is 5.73 Å². The summed E-state index contributed by atoms with van der Waals surface area (Å²) in [6, 6.07) is 6.48. The largest absolute Gasteiger partial charge is 0.399 e. The molecule has 0 saturated heterocycles. The van der Waals surface area contributed by atoms with E-state index in [9.17, 15) is 0 Å². The van der Waals surface area contributed by atoms with Crippen LogP contribution in [-0.2, 0) is 6.42 Å². The zero-order chi connectivity index (χ0) is 15.4.